The molecule has 2 N–H and O–H groups in total. The smallest absolute Gasteiger partial charge is 0.273 e. The van der Waals surface area contributed by atoms with Crippen LogP contribution < -0.4 is 10.6 Å². The van der Waals surface area contributed by atoms with Crippen molar-refractivity contribution in [3.05, 3.63) is 92.7 Å². The minimum Gasteiger partial charge on any atom is -0.384 e. The number of nitriles is 1. The molecule has 0 amide bonds. The summed E-state index contributed by atoms with van der Waals surface area (Å²) in [4.78, 5) is 25.5. The molecule has 0 radical (unpaired) electrons. The van der Waals surface area contributed by atoms with Gasteiger partial charge in [0.05, 0.1) is 28.2 Å². The number of hydrogen-bond donors (Lipinski definition) is 1. The van der Waals surface area contributed by atoms with Crippen LogP contribution in [0.5, 0.6) is 0 Å². The predicted molar refractivity (Wildman–Crippen MR) is 107 cm³/mol. The number of halogens is 1. The van der Waals surface area contributed by atoms with E-state index in [1.54, 1.807) is 12.1 Å². The minimum absolute atomic E-state index is 0.0125. The van der Waals surface area contributed by atoms with Crippen molar-refractivity contribution in [2.24, 2.45) is 5.73 Å². The van der Waals surface area contributed by atoms with Gasteiger partial charge in [-0.05, 0) is 25.0 Å². The molecule has 2 aromatic rings. The fourth-order valence-corrected chi connectivity index (χ4v) is 4.20. The first-order valence-corrected chi connectivity index (χ1v) is 9.39. The summed E-state index contributed by atoms with van der Waals surface area (Å²) in [5, 5.41) is 21.5. The maximum atomic E-state index is 14.6. The maximum absolute atomic E-state index is 14.6. The highest BCUT2D eigenvalue weighted by Gasteiger charge is 2.42. The number of para-hydroxylation sites is 2. The van der Waals surface area contributed by atoms with Gasteiger partial charge in [0.15, 0.2) is 5.78 Å². The number of carbonyl (C=O) groups excluding carboxylic acids is 1. The summed E-state index contributed by atoms with van der Waals surface area (Å²) >= 11 is 0. The number of rotatable bonds is 3. The number of anilines is 1. The first-order chi connectivity index (χ1) is 14.5. The molecule has 2 aromatic carbocycles. The highest BCUT2D eigenvalue weighted by atomic mass is 19.1. The summed E-state index contributed by atoms with van der Waals surface area (Å²) in [6.07, 6.45) is 1.23. The number of hydrogen-bond acceptors (Lipinski definition) is 6. The Balaban J connectivity index is 2.03. The Kier molecular flexibility index (Phi) is 4.80. The van der Waals surface area contributed by atoms with E-state index in [4.69, 9.17) is 5.73 Å². The Labute approximate surface area is 171 Å². The van der Waals surface area contributed by atoms with Gasteiger partial charge in [0.25, 0.3) is 5.69 Å². The zero-order chi connectivity index (χ0) is 21.4. The first-order valence-electron chi connectivity index (χ1n) is 9.39. The molecule has 2 aliphatic rings. The Bertz CT molecular complexity index is 1180. The molecule has 4 rings (SSSR count). The number of benzene rings is 2. The van der Waals surface area contributed by atoms with Gasteiger partial charge in [-0.1, -0.05) is 30.3 Å². The Morgan fingerprint density at radius 3 is 2.57 bits per heavy atom. The van der Waals surface area contributed by atoms with Gasteiger partial charge < -0.3 is 5.73 Å². The molecular formula is C22H17FN4O3. The van der Waals surface area contributed by atoms with Crippen molar-refractivity contribution in [1.29, 1.82) is 5.26 Å². The lowest BCUT2D eigenvalue weighted by Gasteiger charge is -2.39. The highest BCUT2D eigenvalue weighted by Crippen LogP contribution is 2.48. The lowest BCUT2D eigenvalue weighted by molar-refractivity contribution is -0.385. The fraction of sp³-hybridized carbons (Fsp3) is 0.182. The molecule has 0 fully saturated rings. The average Bonchev–Trinajstić information content (AvgIpc) is 2.74. The van der Waals surface area contributed by atoms with Gasteiger partial charge in [0.1, 0.15) is 11.6 Å². The Morgan fingerprint density at radius 2 is 1.87 bits per heavy atom. The summed E-state index contributed by atoms with van der Waals surface area (Å²) in [5.41, 5.74) is 7.23. The van der Waals surface area contributed by atoms with Crippen molar-refractivity contribution in [1.82, 2.24) is 0 Å². The molecule has 1 aliphatic heterocycles. The number of nitrogens with zero attached hydrogens (tertiary/aromatic N) is 3. The average molecular weight is 404 g/mol. The van der Waals surface area contributed by atoms with Crippen LogP contribution in [0.4, 0.5) is 15.8 Å². The SMILES string of the molecule is N#CC1=C(N)N(c2ccccc2F)C2=C(C(=O)CCC2)[C@@H]1c1ccccc1[N+](=O)[O-]. The molecule has 1 aliphatic carbocycles. The van der Waals surface area contributed by atoms with Crippen molar-refractivity contribution in [2.45, 2.75) is 25.2 Å². The summed E-state index contributed by atoms with van der Waals surface area (Å²) in [6.45, 7) is 0. The van der Waals surface area contributed by atoms with Gasteiger partial charge in [-0.2, -0.15) is 5.26 Å². The highest BCUT2D eigenvalue weighted by molar-refractivity contribution is 6.01. The zero-order valence-corrected chi connectivity index (χ0v) is 15.8. The van der Waals surface area contributed by atoms with E-state index in [2.05, 4.69) is 0 Å². The quantitative estimate of drug-likeness (QED) is 0.610. The molecule has 8 heteroatoms. The van der Waals surface area contributed by atoms with Crippen LogP contribution in [0.25, 0.3) is 0 Å². The molecule has 1 heterocycles. The molecular weight excluding hydrogens is 387 g/mol. The molecule has 0 bridgehead atoms. The van der Waals surface area contributed by atoms with E-state index >= 15 is 0 Å². The van der Waals surface area contributed by atoms with Crippen LogP contribution in [-0.4, -0.2) is 10.7 Å². The topological polar surface area (TPSA) is 113 Å². The van der Waals surface area contributed by atoms with Crippen LogP contribution in [0, 0.1) is 27.3 Å². The summed E-state index contributed by atoms with van der Waals surface area (Å²) in [5.74, 6) is -1.77. The molecule has 0 unspecified atom stereocenters. The molecule has 30 heavy (non-hydrogen) atoms. The zero-order valence-electron chi connectivity index (χ0n) is 15.8. The van der Waals surface area contributed by atoms with Gasteiger partial charge in [0, 0.05) is 29.3 Å². The Hall–Kier alpha value is -3.99. The van der Waals surface area contributed by atoms with Crippen LogP contribution in [0.3, 0.4) is 0 Å². The van der Waals surface area contributed by atoms with E-state index in [1.165, 1.54) is 41.3 Å². The first kappa shape index (κ1) is 19.3. The number of ketones is 1. The van der Waals surface area contributed by atoms with Gasteiger partial charge in [0.2, 0.25) is 0 Å². The van der Waals surface area contributed by atoms with Crippen molar-refractivity contribution in [3.63, 3.8) is 0 Å². The number of carbonyl (C=O) groups is 1. The van der Waals surface area contributed by atoms with Crippen molar-refractivity contribution >= 4 is 17.2 Å². The second-order valence-corrected chi connectivity index (χ2v) is 7.08. The van der Waals surface area contributed by atoms with Crippen molar-refractivity contribution in [2.75, 3.05) is 4.90 Å². The number of Topliss-reactive ketones (excluding diaryl/α,β-unsaturated/α-hetero) is 1. The van der Waals surface area contributed by atoms with Crippen molar-refractivity contribution < 1.29 is 14.1 Å². The van der Waals surface area contributed by atoms with E-state index in [0.29, 0.717) is 18.5 Å². The third-order valence-electron chi connectivity index (χ3n) is 5.45. The second-order valence-electron chi connectivity index (χ2n) is 7.08. The van der Waals surface area contributed by atoms with Crippen LogP contribution in [0.2, 0.25) is 0 Å². The van der Waals surface area contributed by atoms with Gasteiger partial charge in [-0.3, -0.25) is 19.8 Å². The second kappa shape index (κ2) is 7.44. The summed E-state index contributed by atoms with van der Waals surface area (Å²) < 4.78 is 14.6. The molecule has 7 nitrogen and oxygen atoms in total. The van der Waals surface area contributed by atoms with E-state index in [9.17, 15) is 24.6 Å². The van der Waals surface area contributed by atoms with Crippen LogP contribution in [0.15, 0.2) is 71.2 Å². The molecule has 0 spiro atoms. The van der Waals surface area contributed by atoms with E-state index in [1.807, 2.05) is 6.07 Å². The van der Waals surface area contributed by atoms with Crippen LogP contribution >= 0.6 is 0 Å². The molecule has 0 saturated carbocycles. The largest absolute Gasteiger partial charge is 0.384 e. The molecule has 0 aromatic heterocycles. The number of nitrogens with two attached hydrogens (primary N) is 1. The van der Waals surface area contributed by atoms with Gasteiger partial charge >= 0.3 is 0 Å². The number of nitro benzene ring substituents is 1. The van der Waals surface area contributed by atoms with Gasteiger partial charge in [-0.15, -0.1) is 0 Å². The number of nitro groups is 1. The normalized spacial score (nSPS) is 18.9. The Morgan fingerprint density at radius 1 is 1.17 bits per heavy atom. The fourth-order valence-electron chi connectivity index (χ4n) is 4.20. The van der Waals surface area contributed by atoms with Crippen LogP contribution in [0.1, 0.15) is 30.7 Å². The summed E-state index contributed by atoms with van der Waals surface area (Å²) in [7, 11) is 0. The van der Waals surface area contributed by atoms with Crippen molar-refractivity contribution in [3.8, 4) is 6.07 Å². The van der Waals surface area contributed by atoms with Gasteiger partial charge in [-0.25, -0.2) is 4.39 Å². The standard InChI is InChI=1S/C22H17FN4O3/c23-15-7-2-4-9-17(15)26-18-10-5-11-19(28)21(18)20(14(12-24)22(26)25)13-6-1-3-8-16(13)27(29)30/h1-4,6-9,20H,5,10-11,25H2/t20-/m1/s1. The monoisotopic (exact) mass is 404 g/mol. The predicted octanol–water partition coefficient (Wildman–Crippen LogP) is 4.04. The molecule has 1 atom stereocenters. The lowest BCUT2D eigenvalue weighted by Crippen LogP contribution is -2.39. The summed E-state index contributed by atoms with van der Waals surface area (Å²) in [6, 6.07) is 14.0. The maximum Gasteiger partial charge on any atom is 0.273 e. The lowest BCUT2D eigenvalue weighted by atomic mass is 9.75. The molecule has 0 saturated heterocycles. The third-order valence-corrected chi connectivity index (χ3v) is 5.45. The third kappa shape index (κ3) is 2.92. The van der Waals surface area contributed by atoms with E-state index in [-0.39, 0.29) is 46.1 Å². The molecule has 150 valence electrons. The minimum atomic E-state index is -0.970. The number of allylic oxidation sites excluding steroid dienone is 3. The van der Waals surface area contributed by atoms with Crippen LogP contribution in [-0.2, 0) is 4.79 Å². The van der Waals surface area contributed by atoms with E-state index < -0.39 is 16.7 Å². The van der Waals surface area contributed by atoms with E-state index in [0.717, 1.165) is 0 Å².